The highest BCUT2D eigenvalue weighted by atomic mass is 32.2. The minimum absolute atomic E-state index is 0.189. The number of halogens is 3. The van der Waals surface area contributed by atoms with E-state index < -0.39 is 17.8 Å². The van der Waals surface area contributed by atoms with Gasteiger partial charge in [0.2, 0.25) is 0 Å². The summed E-state index contributed by atoms with van der Waals surface area (Å²) in [6, 6.07) is 4.52. The molecule has 2 atom stereocenters. The fraction of sp³-hybridized carbons (Fsp3) is 0.417. The first kappa shape index (κ1) is 14.2. The van der Waals surface area contributed by atoms with Crippen molar-refractivity contribution in [3.8, 4) is 0 Å². The van der Waals surface area contributed by atoms with Gasteiger partial charge in [-0.2, -0.15) is 13.2 Å². The molecule has 1 heterocycles. The van der Waals surface area contributed by atoms with E-state index in [-0.39, 0.29) is 11.3 Å². The highest BCUT2D eigenvalue weighted by molar-refractivity contribution is 7.99. The predicted octanol–water partition coefficient (Wildman–Crippen LogP) is 2.58. The van der Waals surface area contributed by atoms with Crippen LogP contribution in [0, 0.1) is 0 Å². The van der Waals surface area contributed by atoms with Gasteiger partial charge in [-0.1, -0.05) is 12.1 Å². The van der Waals surface area contributed by atoms with Gasteiger partial charge in [0, 0.05) is 5.75 Å². The lowest BCUT2D eigenvalue weighted by molar-refractivity contribution is -0.142. The fourth-order valence-corrected chi connectivity index (χ4v) is 3.02. The van der Waals surface area contributed by atoms with Crippen LogP contribution in [0.25, 0.3) is 0 Å². The van der Waals surface area contributed by atoms with Crippen LogP contribution < -0.4 is 5.32 Å². The lowest BCUT2D eigenvalue weighted by atomic mass is 10.1. The van der Waals surface area contributed by atoms with Gasteiger partial charge in [0.15, 0.2) is 0 Å². The van der Waals surface area contributed by atoms with Crippen molar-refractivity contribution in [1.29, 1.82) is 0 Å². The third-order valence-electron chi connectivity index (χ3n) is 2.81. The zero-order valence-electron chi connectivity index (χ0n) is 10.0. The van der Waals surface area contributed by atoms with Crippen molar-refractivity contribution in [2.24, 2.45) is 0 Å². The highest BCUT2D eigenvalue weighted by Gasteiger charge is 2.33. The lowest BCUT2D eigenvalue weighted by Gasteiger charge is -2.13. The van der Waals surface area contributed by atoms with Crippen LogP contribution in [0.5, 0.6) is 0 Å². The summed E-state index contributed by atoms with van der Waals surface area (Å²) in [6.45, 7) is 0. The monoisotopic (exact) mass is 291 g/mol. The molecule has 7 heteroatoms. The number of esters is 1. The number of hydrogen-bond acceptors (Lipinski definition) is 4. The number of alkyl halides is 3. The molecule has 0 spiro atoms. The molecule has 19 heavy (non-hydrogen) atoms. The molecule has 0 aliphatic carbocycles. The molecular formula is C12H12F3NO2S. The van der Waals surface area contributed by atoms with E-state index >= 15 is 0 Å². The van der Waals surface area contributed by atoms with Crippen molar-refractivity contribution in [1.82, 2.24) is 5.32 Å². The van der Waals surface area contributed by atoms with E-state index in [1.807, 2.05) is 0 Å². The largest absolute Gasteiger partial charge is 0.468 e. The van der Waals surface area contributed by atoms with Crippen molar-refractivity contribution in [3.63, 3.8) is 0 Å². The zero-order chi connectivity index (χ0) is 14.0. The molecule has 0 radical (unpaired) electrons. The Kier molecular flexibility index (Phi) is 4.05. The molecular weight excluding hydrogens is 279 g/mol. The molecule has 1 aromatic carbocycles. The number of thioether (sulfide) groups is 1. The summed E-state index contributed by atoms with van der Waals surface area (Å²) in [5, 5.41) is 2.83. The standard InChI is InChI=1S/C12H12F3NO2S/c1-18-11(17)9-6-19-10(16-9)7-2-4-8(5-3-7)12(13,14)15/h2-5,9-10,16H,6H2,1H3/t9-,10+/m1/s1. The molecule has 1 aliphatic heterocycles. The fourth-order valence-electron chi connectivity index (χ4n) is 1.79. The highest BCUT2D eigenvalue weighted by Crippen LogP contribution is 2.35. The van der Waals surface area contributed by atoms with Crippen LogP contribution in [0.4, 0.5) is 13.2 Å². The van der Waals surface area contributed by atoms with Gasteiger partial charge in [0.1, 0.15) is 6.04 Å². The molecule has 0 amide bonds. The van der Waals surface area contributed by atoms with Crippen LogP contribution in [0.15, 0.2) is 24.3 Å². The molecule has 1 fully saturated rings. The van der Waals surface area contributed by atoms with Crippen LogP contribution >= 0.6 is 11.8 Å². The minimum Gasteiger partial charge on any atom is -0.468 e. The summed E-state index contributed by atoms with van der Waals surface area (Å²) < 4.78 is 41.9. The topological polar surface area (TPSA) is 38.3 Å². The summed E-state index contributed by atoms with van der Waals surface area (Å²) in [7, 11) is 1.31. The second-order valence-electron chi connectivity index (χ2n) is 4.08. The van der Waals surface area contributed by atoms with Crippen molar-refractivity contribution in [2.75, 3.05) is 12.9 Å². The Balaban J connectivity index is 2.06. The van der Waals surface area contributed by atoms with Crippen LogP contribution in [0.3, 0.4) is 0 Å². The number of carbonyl (C=O) groups is 1. The average Bonchev–Trinajstić information content (AvgIpc) is 2.86. The van der Waals surface area contributed by atoms with E-state index in [4.69, 9.17) is 0 Å². The Labute approximate surface area is 112 Å². The van der Waals surface area contributed by atoms with Gasteiger partial charge < -0.3 is 4.74 Å². The number of ether oxygens (including phenoxy) is 1. The molecule has 0 bridgehead atoms. The van der Waals surface area contributed by atoms with Gasteiger partial charge in [-0.15, -0.1) is 11.8 Å². The number of methoxy groups -OCH3 is 1. The van der Waals surface area contributed by atoms with Crippen LogP contribution in [0.2, 0.25) is 0 Å². The Morgan fingerprint density at radius 2 is 2.00 bits per heavy atom. The average molecular weight is 291 g/mol. The van der Waals surface area contributed by atoms with E-state index in [0.717, 1.165) is 12.1 Å². The first-order valence-corrected chi connectivity index (χ1v) is 6.59. The van der Waals surface area contributed by atoms with E-state index in [1.165, 1.54) is 31.0 Å². The molecule has 0 unspecified atom stereocenters. The Morgan fingerprint density at radius 3 is 2.53 bits per heavy atom. The van der Waals surface area contributed by atoms with Gasteiger partial charge >= 0.3 is 12.1 Å². The predicted molar refractivity (Wildman–Crippen MR) is 65.6 cm³/mol. The summed E-state index contributed by atoms with van der Waals surface area (Å²) in [5.74, 6) is 0.181. The molecule has 1 N–H and O–H groups in total. The SMILES string of the molecule is COC(=O)[C@H]1CS[C@@H](c2ccc(C(F)(F)F)cc2)N1. The molecule has 3 nitrogen and oxygen atoms in total. The quantitative estimate of drug-likeness (QED) is 0.850. The summed E-state index contributed by atoms with van der Waals surface area (Å²) in [4.78, 5) is 11.3. The number of nitrogens with one attached hydrogen (secondary N) is 1. The molecule has 0 saturated carbocycles. The number of benzene rings is 1. The molecule has 1 aliphatic rings. The van der Waals surface area contributed by atoms with E-state index in [9.17, 15) is 18.0 Å². The van der Waals surface area contributed by atoms with Gasteiger partial charge in [-0.05, 0) is 17.7 Å². The molecule has 1 saturated heterocycles. The number of rotatable bonds is 2. The van der Waals surface area contributed by atoms with Crippen molar-refractivity contribution in [3.05, 3.63) is 35.4 Å². The lowest BCUT2D eigenvalue weighted by Crippen LogP contribution is -2.34. The minimum atomic E-state index is -4.33. The maximum Gasteiger partial charge on any atom is 0.416 e. The third-order valence-corrected chi connectivity index (χ3v) is 4.08. The Morgan fingerprint density at radius 1 is 1.37 bits per heavy atom. The van der Waals surface area contributed by atoms with Crippen molar-refractivity contribution in [2.45, 2.75) is 17.6 Å². The zero-order valence-corrected chi connectivity index (χ0v) is 10.8. The first-order valence-electron chi connectivity index (χ1n) is 5.54. The van der Waals surface area contributed by atoms with Crippen LogP contribution in [-0.2, 0) is 15.7 Å². The Hall–Kier alpha value is -1.21. The third kappa shape index (κ3) is 3.22. The smallest absolute Gasteiger partial charge is 0.416 e. The first-order chi connectivity index (χ1) is 8.91. The molecule has 1 aromatic rings. The number of hydrogen-bond donors (Lipinski definition) is 1. The van der Waals surface area contributed by atoms with Gasteiger partial charge in [-0.3, -0.25) is 10.1 Å². The van der Waals surface area contributed by atoms with E-state index in [2.05, 4.69) is 10.1 Å². The van der Waals surface area contributed by atoms with Gasteiger partial charge in [0.25, 0.3) is 0 Å². The molecule has 0 aromatic heterocycles. The van der Waals surface area contributed by atoms with E-state index in [1.54, 1.807) is 0 Å². The molecule has 104 valence electrons. The summed E-state index contributed by atoms with van der Waals surface area (Å²) >= 11 is 1.47. The maximum atomic E-state index is 12.4. The van der Waals surface area contributed by atoms with Gasteiger partial charge in [0.05, 0.1) is 18.0 Å². The Bertz CT molecular complexity index is 461. The van der Waals surface area contributed by atoms with Crippen LogP contribution in [0.1, 0.15) is 16.5 Å². The second-order valence-corrected chi connectivity index (χ2v) is 5.21. The normalized spacial score (nSPS) is 23.4. The van der Waals surface area contributed by atoms with Gasteiger partial charge in [-0.25, -0.2) is 0 Å². The maximum absolute atomic E-state index is 12.4. The van der Waals surface area contributed by atoms with Crippen molar-refractivity contribution < 1.29 is 22.7 Å². The molecule has 2 rings (SSSR count). The van der Waals surface area contributed by atoms with Crippen LogP contribution in [-0.4, -0.2) is 24.9 Å². The summed E-state index contributed by atoms with van der Waals surface area (Å²) in [5.41, 5.74) is 0.0353. The number of carbonyl (C=O) groups excluding carboxylic acids is 1. The van der Waals surface area contributed by atoms with E-state index in [0.29, 0.717) is 11.3 Å². The van der Waals surface area contributed by atoms with Crippen molar-refractivity contribution >= 4 is 17.7 Å². The summed E-state index contributed by atoms with van der Waals surface area (Å²) in [6.07, 6.45) is -4.33. The second kappa shape index (κ2) is 5.42.